The predicted molar refractivity (Wildman–Crippen MR) is 260 cm³/mol. The van der Waals surface area contributed by atoms with Crippen molar-refractivity contribution in [2.45, 2.75) is 54.4 Å². The summed E-state index contributed by atoms with van der Waals surface area (Å²) in [5.74, 6) is 0. The first-order valence-corrected chi connectivity index (χ1v) is 21.9. The van der Waals surface area contributed by atoms with Crippen molar-refractivity contribution in [2.24, 2.45) is 0 Å². The maximum absolute atomic E-state index is 2.78. The molecule has 0 N–H and O–H groups in total. The van der Waals surface area contributed by atoms with Crippen molar-refractivity contribution in [3.05, 3.63) is 160 Å². The molecule has 5 heterocycles. The molecule has 0 saturated heterocycles. The second kappa shape index (κ2) is 11.2. The maximum Gasteiger partial charge on any atom is 0.247 e. The summed E-state index contributed by atoms with van der Waals surface area (Å²) in [5.41, 5.74) is 27.8. The summed E-state index contributed by atoms with van der Waals surface area (Å²) < 4.78 is 5.56. The van der Waals surface area contributed by atoms with E-state index in [0.29, 0.717) is 0 Å². The Bertz CT molecular complexity index is 3790. The summed E-state index contributed by atoms with van der Waals surface area (Å²) in [4.78, 5) is 0. The van der Waals surface area contributed by atoms with E-state index in [9.17, 15) is 0 Å². The Hall–Kier alpha value is -6.51. The molecular weight excluding hydrogens is 722 g/mol. The van der Waals surface area contributed by atoms with E-state index in [2.05, 4.69) is 172 Å². The number of aryl methyl sites for hydroxylation is 4. The van der Waals surface area contributed by atoms with Crippen molar-refractivity contribution in [1.82, 2.24) is 8.97 Å². The van der Waals surface area contributed by atoms with Crippen LogP contribution in [0.3, 0.4) is 0 Å². The Balaban J connectivity index is 1.31. The highest BCUT2D eigenvalue weighted by molar-refractivity contribution is 7.01. The summed E-state index contributed by atoms with van der Waals surface area (Å²) in [6.45, 7) is 14.2. The number of hydrogen-bond acceptors (Lipinski definition) is 0. The Morgan fingerprint density at radius 3 is 1.62 bits per heavy atom. The van der Waals surface area contributed by atoms with Gasteiger partial charge < -0.3 is 8.97 Å². The first-order chi connectivity index (χ1) is 29.3. The van der Waals surface area contributed by atoms with E-state index in [1.807, 2.05) is 0 Å². The van der Waals surface area contributed by atoms with E-state index in [0.717, 1.165) is 12.8 Å². The molecule has 0 unspecified atom stereocenters. The van der Waals surface area contributed by atoms with E-state index in [4.69, 9.17) is 0 Å². The molecular formula is C56H42B2N2. The van der Waals surface area contributed by atoms with Crippen LogP contribution in [0.5, 0.6) is 0 Å². The lowest BCUT2D eigenvalue weighted by Gasteiger charge is -2.40. The fourth-order valence-corrected chi connectivity index (χ4v) is 13.2. The highest BCUT2D eigenvalue weighted by Crippen LogP contribution is 2.48. The van der Waals surface area contributed by atoms with E-state index < -0.39 is 0 Å². The van der Waals surface area contributed by atoms with Gasteiger partial charge in [-0.2, -0.15) is 0 Å². The van der Waals surface area contributed by atoms with Crippen LogP contribution in [0.1, 0.15) is 48.9 Å². The number of allylic oxidation sites excluding steroid dienone is 4. The van der Waals surface area contributed by atoms with Gasteiger partial charge in [0, 0.05) is 27.2 Å². The van der Waals surface area contributed by atoms with Gasteiger partial charge in [0.1, 0.15) is 0 Å². The quantitative estimate of drug-likeness (QED) is 0.0963. The average molecular weight is 765 g/mol. The lowest BCUT2D eigenvalue weighted by Crippen LogP contribution is -2.62. The van der Waals surface area contributed by atoms with Crippen LogP contribution in [0, 0.1) is 27.7 Å². The van der Waals surface area contributed by atoms with Crippen LogP contribution in [0.2, 0.25) is 0 Å². The van der Waals surface area contributed by atoms with Crippen LogP contribution in [-0.2, 0) is 0 Å². The van der Waals surface area contributed by atoms with Crippen molar-refractivity contribution in [1.29, 1.82) is 0 Å². The lowest BCUT2D eigenvalue weighted by molar-refractivity contribution is 0.936. The van der Waals surface area contributed by atoms with Crippen LogP contribution in [0.4, 0.5) is 0 Å². The first kappa shape index (κ1) is 33.3. The summed E-state index contributed by atoms with van der Waals surface area (Å²) in [6, 6.07) is 45.3. The van der Waals surface area contributed by atoms with Crippen molar-refractivity contribution in [2.75, 3.05) is 0 Å². The maximum atomic E-state index is 2.78. The van der Waals surface area contributed by atoms with Crippen molar-refractivity contribution in [3.63, 3.8) is 0 Å². The second-order valence-electron chi connectivity index (χ2n) is 18.6. The molecule has 2 aliphatic heterocycles. The number of fused-ring (bicyclic) bond motifs is 2. The zero-order valence-electron chi connectivity index (χ0n) is 35.0. The smallest absolute Gasteiger partial charge is 0.247 e. The normalized spacial score (nSPS) is 15.0. The van der Waals surface area contributed by atoms with Gasteiger partial charge in [-0.25, -0.2) is 0 Å². The third-order valence-corrected chi connectivity index (χ3v) is 15.4. The number of para-hydroxylation sites is 1. The van der Waals surface area contributed by atoms with Gasteiger partial charge in [-0.3, -0.25) is 0 Å². The first-order valence-electron chi connectivity index (χ1n) is 21.9. The number of benzene rings is 8. The zero-order chi connectivity index (χ0) is 40.0. The van der Waals surface area contributed by atoms with E-state index in [1.165, 1.54) is 154 Å². The third kappa shape index (κ3) is 3.81. The fraction of sp³-hybridized carbons (Fsp3) is 0.143. The van der Waals surface area contributed by atoms with Crippen LogP contribution in [-0.4, -0.2) is 22.4 Å². The van der Waals surface area contributed by atoms with Gasteiger partial charge in [-0.05, 0) is 132 Å². The minimum Gasteiger partial charge on any atom is -0.308 e. The molecule has 282 valence electrons. The van der Waals surface area contributed by atoms with Gasteiger partial charge in [0.05, 0.1) is 27.6 Å². The Labute approximate surface area is 350 Å². The molecule has 0 spiro atoms. The van der Waals surface area contributed by atoms with E-state index in [1.54, 1.807) is 0 Å². The lowest BCUT2D eigenvalue weighted by atomic mass is 9.29. The Kier molecular flexibility index (Phi) is 6.22. The van der Waals surface area contributed by atoms with Crippen molar-refractivity contribution < 1.29 is 0 Å². The van der Waals surface area contributed by atoms with Gasteiger partial charge in [0.15, 0.2) is 0 Å². The molecule has 0 radical (unpaired) electrons. The SMILES string of the molecule is CC1=CCCC(C)=C1B1c2cccc3c2-n2c4c1cc1cccc5c6cc(-c7c(C)cccc7C)cc7c8cccc9cc(c2c(c98)n(c67)c4c15)B3c1c(C)cccc1C. The van der Waals surface area contributed by atoms with Gasteiger partial charge in [0.2, 0.25) is 13.4 Å². The summed E-state index contributed by atoms with van der Waals surface area (Å²) in [7, 11) is 0. The summed E-state index contributed by atoms with van der Waals surface area (Å²) >= 11 is 0. The Morgan fingerprint density at radius 2 is 1.02 bits per heavy atom. The second-order valence-corrected chi connectivity index (χ2v) is 18.6. The van der Waals surface area contributed by atoms with Crippen LogP contribution in [0.15, 0.2) is 138 Å². The van der Waals surface area contributed by atoms with E-state index >= 15 is 0 Å². The minimum atomic E-state index is 0.0895. The molecule has 60 heavy (non-hydrogen) atoms. The molecule has 1 aliphatic carbocycles. The molecule has 8 aromatic carbocycles. The van der Waals surface area contributed by atoms with Gasteiger partial charge >= 0.3 is 0 Å². The average Bonchev–Trinajstić information content (AvgIpc) is 3.24. The highest BCUT2D eigenvalue weighted by Gasteiger charge is 2.44. The fourth-order valence-electron chi connectivity index (χ4n) is 13.2. The van der Waals surface area contributed by atoms with Crippen LogP contribution in [0.25, 0.3) is 87.5 Å². The largest absolute Gasteiger partial charge is 0.308 e. The molecule has 0 atom stereocenters. The summed E-state index contributed by atoms with van der Waals surface area (Å²) in [5, 5.41) is 10.7. The third-order valence-electron chi connectivity index (χ3n) is 15.4. The molecule has 3 aromatic heterocycles. The topological polar surface area (TPSA) is 9.34 Å². The number of pyridine rings is 2. The molecule has 0 bridgehead atoms. The molecule has 0 saturated carbocycles. The molecule has 11 aromatic rings. The molecule has 2 nitrogen and oxygen atoms in total. The number of hydrogen-bond donors (Lipinski definition) is 0. The highest BCUT2D eigenvalue weighted by atomic mass is 15.1. The number of nitrogens with zero attached hydrogens (tertiary/aromatic N) is 2. The van der Waals surface area contributed by atoms with Crippen LogP contribution >= 0.6 is 0 Å². The van der Waals surface area contributed by atoms with Crippen LogP contribution < -0.4 is 27.3 Å². The molecule has 0 fully saturated rings. The van der Waals surface area contributed by atoms with Gasteiger partial charge in [0.25, 0.3) is 0 Å². The van der Waals surface area contributed by atoms with Gasteiger partial charge in [-0.15, -0.1) is 0 Å². The standard InChI is InChI=1S/C56H42B2N2/c1-29-13-7-14-30(2)46(29)37-25-40-38-21-10-19-35-27-44-53-55(47(35)38)59-51(40)41(26-37)39-22-11-20-36-28-45-54(56(59)48(36)39)60(53)52-42(57(44)49-31(3)15-8-16-32(49)4)23-12-24-43(52)58(45)50-33(5)17-9-18-34(50)6/h7-8,10-17,19-28H,9,18H2,1-6H3. The zero-order valence-corrected chi connectivity index (χ0v) is 35.0. The monoisotopic (exact) mass is 764 g/mol. The molecule has 4 heteroatoms. The van der Waals surface area contributed by atoms with Gasteiger partial charge in [-0.1, -0.05) is 142 Å². The Morgan fingerprint density at radius 1 is 0.483 bits per heavy atom. The summed E-state index contributed by atoms with van der Waals surface area (Å²) in [6.07, 6.45) is 4.73. The van der Waals surface area contributed by atoms with E-state index in [-0.39, 0.29) is 13.4 Å². The molecule has 3 aliphatic rings. The minimum absolute atomic E-state index is 0.0895. The van der Waals surface area contributed by atoms with Crippen molar-refractivity contribution in [3.8, 4) is 16.8 Å². The van der Waals surface area contributed by atoms with Crippen molar-refractivity contribution >= 4 is 111 Å². The number of aromatic nitrogens is 2. The number of rotatable bonds is 3. The molecule has 0 amide bonds. The molecule has 14 rings (SSSR count). The predicted octanol–water partition coefficient (Wildman–Crippen LogP) is 10.8.